The van der Waals surface area contributed by atoms with Crippen LogP contribution in [-0.2, 0) is 6.54 Å². The summed E-state index contributed by atoms with van der Waals surface area (Å²) in [6, 6.07) is 7.31. The minimum absolute atomic E-state index is 0.0686. The molecule has 0 aliphatic rings. The van der Waals surface area contributed by atoms with Gasteiger partial charge < -0.3 is 5.73 Å². The average molecular weight is 280 g/mol. The van der Waals surface area contributed by atoms with E-state index < -0.39 is 0 Å². The van der Waals surface area contributed by atoms with Crippen LogP contribution < -0.4 is 11.3 Å². The normalized spacial score (nSPS) is 11.0. The summed E-state index contributed by atoms with van der Waals surface area (Å²) >= 11 is 0. The molecule has 5 heteroatoms. The minimum atomic E-state index is -0.0686. The van der Waals surface area contributed by atoms with Crippen LogP contribution in [0.3, 0.4) is 0 Å². The summed E-state index contributed by atoms with van der Waals surface area (Å²) in [5.74, 6) is 0. The molecule has 1 aromatic carbocycles. The number of anilines is 1. The largest absolute Gasteiger partial charge is 0.398 e. The zero-order valence-electron chi connectivity index (χ0n) is 12.0. The molecule has 3 rings (SSSR count). The van der Waals surface area contributed by atoms with Crippen LogP contribution in [-0.4, -0.2) is 14.5 Å². The highest BCUT2D eigenvalue weighted by Gasteiger charge is 2.09. The van der Waals surface area contributed by atoms with Crippen molar-refractivity contribution in [3.8, 4) is 0 Å². The molecule has 5 nitrogen and oxygen atoms in total. The second-order valence-corrected chi connectivity index (χ2v) is 5.12. The Morgan fingerprint density at radius 2 is 1.95 bits per heavy atom. The lowest BCUT2D eigenvalue weighted by Gasteiger charge is -2.11. The number of hydrogen-bond donors (Lipinski definition) is 1. The van der Waals surface area contributed by atoms with Gasteiger partial charge in [-0.15, -0.1) is 0 Å². The molecule has 0 spiro atoms. The van der Waals surface area contributed by atoms with Gasteiger partial charge >= 0.3 is 0 Å². The molecular weight excluding hydrogens is 264 g/mol. The van der Waals surface area contributed by atoms with Crippen LogP contribution in [0.4, 0.5) is 5.69 Å². The molecule has 2 N–H and O–H groups in total. The number of nitrogens with zero attached hydrogens (tertiary/aromatic N) is 3. The van der Waals surface area contributed by atoms with E-state index in [1.54, 1.807) is 23.2 Å². The molecule has 0 saturated heterocycles. The fraction of sp³-hybridized carbons (Fsp3) is 0.188. The Balaban J connectivity index is 2.09. The predicted octanol–water partition coefficient (Wildman–Crippen LogP) is 2.04. The number of para-hydroxylation sites is 1. The fourth-order valence-electron chi connectivity index (χ4n) is 2.33. The number of pyridine rings is 1. The molecule has 0 fully saturated rings. The van der Waals surface area contributed by atoms with E-state index in [0.29, 0.717) is 17.4 Å². The van der Waals surface area contributed by atoms with Crippen LogP contribution >= 0.6 is 0 Å². The highest BCUT2D eigenvalue weighted by atomic mass is 16.1. The van der Waals surface area contributed by atoms with E-state index in [0.717, 1.165) is 22.5 Å². The molecule has 0 aliphatic heterocycles. The molecule has 0 atom stereocenters. The van der Waals surface area contributed by atoms with Crippen LogP contribution in [0.5, 0.6) is 0 Å². The number of hydrogen-bond acceptors (Lipinski definition) is 4. The van der Waals surface area contributed by atoms with E-state index in [2.05, 4.69) is 9.97 Å². The molecule has 0 bridgehead atoms. The fourth-order valence-corrected chi connectivity index (χ4v) is 2.33. The van der Waals surface area contributed by atoms with Gasteiger partial charge in [-0.3, -0.25) is 14.3 Å². The van der Waals surface area contributed by atoms with Gasteiger partial charge in [0.15, 0.2) is 0 Å². The lowest BCUT2D eigenvalue weighted by atomic mass is 10.1. The average Bonchev–Trinajstić information content (AvgIpc) is 2.50. The SMILES string of the molecule is Cc1cnc(Cn2cnc3ccccc3c2=O)c(C)c1N. The van der Waals surface area contributed by atoms with Crippen molar-refractivity contribution in [2.24, 2.45) is 0 Å². The molecule has 3 aromatic rings. The highest BCUT2D eigenvalue weighted by Crippen LogP contribution is 2.18. The summed E-state index contributed by atoms with van der Waals surface area (Å²) in [4.78, 5) is 21.2. The third-order valence-electron chi connectivity index (χ3n) is 3.73. The maximum absolute atomic E-state index is 12.5. The monoisotopic (exact) mass is 280 g/mol. The number of nitrogens with two attached hydrogens (primary N) is 1. The van der Waals surface area contributed by atoms with Crippen LogP contribution in [0.1, 0.15) is 16.8 Å². The van der Waals surface area contributed by atoms with Gasteiger partial charge in [0.2, 0.25) is 0 Å². The molecule has 0 aliphatic carbocycles. The topological polar surface area (TPSA) is 73.8 Å². The van der Waals surface area contributed by atoms with Crippen molar-refractivity contribution in [2.45, 2.75) is 20.4 Å². The molecule has 21 heavy (non-hydrogen) atoms. The first kappa shape index (κ1) is 13.3. The summed E-state index contributed by atoms with van der Waals surface area (Å²) < 4.78 is 1.56. The van der Waals surface area contributed by atoms with Crippen molar-refractivity contribution in [3.05, 3.63) is 64.0 Å². The summed E-state index contributed by atoms with van der Waals surface area (Å²) in [7, 11) is 0. The number of aryl methyl sites for hydroxylation is 1. The maximum Gasteiger partial charge on any atom is 0.261 e. The number of rotatable bonds is 2. The lowest BCUT2D eigenvalue weighted by molar-refractivity contribution is 0.725. The molecule has 0 amide bonds. The van der Waals surface area contributed by atoms with Crippen molar-refractivity contribution in [1.29, 1.82) is 0 Å². The summed E-state index contributed by atoms with van der Waals surface area (Å²) in [6.45, 7) is 4.21. The Hall–Kier alpha value is -2.69. The Morgan fingerprint density at radius 1 is 1.19 bits per heavy atom. The Morgan fingerprint density at radius 3 is 2.76 bits per heavy atom. The van der Waals surface area contributed by atoms with E-state index in [1.165, 1.54) is 0 Å². The summed E-state index contributed by atoms with van der Waals surface area (Å²) in [5.41, 5.74) is 10.0. The van der Waals surface area contributed by atoms with Crippen molar-refractivity contribution in [1.82, 2.24) is 14.5 Å². The van der Waals surface area contributed by atoms with E-state index in [9.17, 15) is 4.79 Å². The van der Waals surface area contributed by atoms with Crippen LogP contribution in [0.2, 0.25) is 0 Å². The number of aromatic nitrogens is 3. The van der Waals surface area contributed by atoms with Gasteiger partial charge in [0.1, 0.15) is 0 Å². The van der Waals surface area contributed by atoms with Crippen LogP contribution in [0, 0.1) is 13.8 Å². The Kier molecular flexibility index (Phi) is 3.17. The van der Waals surface area contributed by atoms with Gasteiger partial charge in [0, 0.05) is 11.9 Å². The zero-order valence-corrected chi connectivity index (χ0v) is 12.0. The standard InChI is InChI=1S/C16H16N4O/c1-10-7-18-14(11(2)15(10)17)8-20-9-19-13-6-4-3-5-12(13)16(20)21/h3-7,9H,8H2,1-2H3,(H2,17,18). The van der Waals surface area contributed by atoms with Crippen molar-refractivity contribution in [3.63, 3.8) is 0 Å². The Labute approximate surface area is 122 Å². The first-order valence-electron chi connectivity index (χ1n) is 6.72. The highest BCUT2D eigenvalue weighted by molar-refractivity contribution is 5.76. The second kappa shape index (κ2) is 5.01. The van der Waals surface area contributed by atoms with E-state index in [4.69, 9.17) is 5.73 Å². The van der Waals surface area contributed by atoms with Crippen molar-refractivity contribution in [2.75, 3.05) is 5.73 Å². The molecule has 106 valence electrons. The van der Waals surface area contributed by atoms with Gasteiger partial charge in [-0.2, -0.15) is 0 Å². The molecule has 2 heterocycles. The van der Waals surface area contributed by atoms with Gasteiger partial charge in [-0.05, 0) is 37.1 Å². The van der Waals surface area contributed by atoms with E-state index in [-0.39, 0.29) is 5.56 Å². The number of benzene rings is 1. The first-order chi connectivity index (χ1) is 10.1. The molecule has 0 radical (unpaired) electrons. The van der Waals surface area contributed by atoms with Gasteiger partial charge in [0.25, 0.3) is 5.56 Å². The predicted molar refractivity (Wildman–Crippen MR) is 83.2 cm³/mol. The number of nitrogen functional groups attached to an aromatic ring is 1. The van der Waals surface area contributed by atoms with E-state index >= 15 is 0 Å². The number of fused-ring (bicyclic) bond motifs is 1. The van der Waals surface area contributed by atoms with Crippen molar-refractivity contribution >= 4 is 16.6 Å². The van der Waals surface area contributed by atoms with Gasteiger partial charge in [-0.25, -0.2) is 4.98 Å². The maximum atomic E-state index is 12.5. The smallest absolute Gasteiger partial charge is 0.261 e. The quantitative estimate of drug-likeness (QED) is 0.779. The molecule has 0 unspecified atom stereocenters. The second-order valence-electron chi connectivity index (χ2n) is 5.12. The summed E-state index contributed by atoms with van der Waals surface area (Å²) in [5, 5.41) is 0.609. The van der Waals surface area contributed by atoms with Crippen LogP contribution in [0.15, 0.2) is 41.6 Å². The minimum Gasteiger partial charge on any atom is -0.398 e. The van der Waals surface area contributed by atoms with E-state index in [1.807, 2.05) is 32.0 Å². The third kappa shape index (κ3) is 2.27. The van der Waals surface area contributed by atoms with Gasteiger partial charge in [-0.1, -0.05) is 12.1 Å². The molecular formula is C16H16N4O. The third-order valence-corrected chi connectivity index (χ3v) is 3.73. The lowest BCUT2D eigenvalue weighted by Crippen LogP contribution is -2.22. The van der Waals surface area contributed by atoms with Gasteiger partial charge in [0.05, 0.1) is 29.5 Å². The zero-order chi connectivity index (χ0) is 15.0. The van der Waals surface area contributed by atoms with Crippen molar-refractivity contribution < 1.29 is 0 Å². The first-order valence-corrected chi connectivity index (χ1v) is 6.72. The molecule has 2 aromatic heterocycles. The molecule has 0 saturated carbocycles. The van der Waals surface area contributed by atoms with Crippen LogP contribution in [0.25, 0.3) is 10.9 Å². The summed E-state index contributed by atoms with van der Waals surface area (Å²) in [6.07, 6.45) is 3.29. The Bertz CT molecular complexity index is 883.